The quantitative estimate of drug-likeness (QED) is 0.709. The Kier molecular flexibility index (Phi) is 4.95. The molecule has 0 bridgehead atoms. The van der Waals surface area contributed by atoms with Crippen molar-refractivity contribution in [2.45, 2.75) is 38.7 Å². The average molecular weight is 261 g/mol. The zero-order chi connectivity index (χ0) is 13.5. The normalized spacial score (nSPS) is 17.7. The number of ketones is 1. The first-order chi connectivity index (χ1) is 9.25. The predicted molar refractivity (Wildman–Crippen MR) is 73.4 cm³/mol. The second kappa shape index (κ2) is 6.92. The SMILES string of the molecule is CC(=O)C1=NOC(CCCCOc2ccccc2)C1. The summed E-state index contributed by atoms with van der Waals surface area (Å²) in [6.07, 6.45) is 3.62. The highest BCUT2D eigenvalue weighted by Crippen LogP contribution is 2.17. The molecule has 4 nitrogen and oxygen atoms in total. The van der Waals surface area contributed by atoms with E-state index in [2.05, 4.69) is 5.16 Å². The van der Waals surface area contributed by atoms with E-state index >= 15 is 0 Å². The highest BCUT2D eigenvalue weighted by Gasteiger charge is 2.22. The second-order valence-electron chi connectivity index (χ2n) is 4.68. The smallest absolute Gasteiger partial charge is 0.177 e. The number of hydrogen-bond acceptors (Lipinski definition) is 4. The van der Waals surface area contributed by atoms with Gasteiger partial charge in [-0.1, -0.05) is 23.4 Å². The van der Waals surface area contributed by atoms with Crippen molar-refractivity contribution >= 4 is 11.5 Å². The molecular weight excluding hydrogens is 242 g/mol. The molecule has 0 spiro atoms. The van der Waals surface area contributed by atoms with Crippen molar-refractivity contribution in [3.05, 3.63) is 30.3 Å². The van der Waals surface area contributed by atoms with Crippen LogP contribution in [0.2, 0.25) is 0 Å². The van der Waals surface area contributed by atoms with E-state index in [-0.39, 0.29) is 11.9 Å². The van der Waals surface area contributed by atoms with Gasteiger partial charge in [-0.2, -0.15) is 0 Å². The minimum absolute atomic E-state index is 0.00918. The van der Waals surface area contributed by atoms with E-state index in [9.17, 15) is 4.79 Å². The van der Waals surface area contributed by atoms with Crippen molar-refractivity contribution in [2.24, 2.45) is 5.16 Å². The van der Waals surface area contributed by atoms with E-state index in [4.69, 9.17) is 9.57 Å². The third kappa shape index (κ3) is 4.39. The number of hydrogen-bond donors (Lipinski definition) is 0. The van der Waals surface area contributed by atoms with Crippen LogP contribution in [-0.4, -0.2) is 24.2 Å². The van der Waals surface area contributed by atoms with Crippen LogP contribution >= 0.6 is 0 Å². The van der Waals surface area contributed by atoms with Crippen LogP contribution in [0.15, 0.2) is 35.5 Å². The van der Waals surface area contributed by atoms with Gasteiger partial charge < -0.3 is 9.57 Å². The lowest BCUT2D eigenvalue weighted by molar-refractivity contribution is -0.111. The highest BCUT2D eigenvalue weighted by molar-refractivity contribution is 6.39. The number of para-hydroxylation sites is 1. The van der Waals surface area contributed by atoms with Gasteiger partial charge in [0.15, 0.2) is 5.78 Å². The monoisotopic (exact) mass is 261 g/mol. The lowest BCUT2D eigenvalue weighted by Gasteiger charge is -2.08. The Bertz CT molecular complexity index is 442. The summed E-state index contributed by atoms with van der Waals surface area (Å²) in [7, 11) is 0. The maximum absolute atomic E-state index is 11.1. The first-order valence-corrected chi connectivity index (χ1v) is 6.67. The minimum atomic E-state index is 0.00918. The molecule has 1 heterocycles. The lowest BCUT2D eigenvalue weighted by atomic mass is 10.1. The molecule has 0 N–H and O–H groups in total. The standard InChI is InChI=1S/C15H19NO3/c1-12(17)15-11-14(19-16-15)9-5-6-10-18-13-7-3-2-4-8-13/h2-4,7-8,14H,5-6,9-11H2,1H3. The van der Waals surface area contributed by atoms with Crippen molar-refractivity contribution < 1.29 is 14.4 Å². The summed E-state index contributed by atoms with van der Waals surface area (Å²) < 4.78 is 5.61. The van der Waals surface area contributed by atoms with E-state index in [1.165, 1.54) is 6.92 Å². The number of unbranched alkanes of at least 4 members (excludes halogenated alkanes) is 1. The highest BCUT2D eigenvalue weighted by atomic mass is 16.6. The summed E-state index contributed by atoms with van der Waals surface area (Å²) in [5.41, 5.74) is 0.561. The van der Waals surface area contributed by atoms with Gasteiger partial charge >= 0.3 is 0 Å². The lowest BCUT2D eigenvalue weighted by Crippen LogP contribution is -2.12. The van der Waals surface area contributed by atoms with Gasteiger partial charge in [0.1, 0.15) is 17.6 Å². The van der Waals surface area contributed by atoms with E-state index < -0.39 is 0 Å². The fourth-order valence-corrected chi connectivity index (χ4v) is 1.97. The van der Waals surface area contributed by atoms with Gasteiger partial charge in [0.05, 0.1) is 6.61 Å². The molecule has 0 saturated heterocycles. The summed E-state index contributed by atoms with van der Waals surface area (Å²) in [4.78, 5) is 16.3. The van der Waals surface area contributed by atoms with Crippen molar-refractivity contribution in [3.63, 3.8) is 0 Å². The van der Waals surface area contributed by atoms with Gasteiger partial charge in [-0.05, 0) is 31.4 Å². The summed E-state index contributed by atoms with van der Waals surface area (Å²) >= 11 is 0. The van der Waals surface area contributed by atoms with E-state index in [1.807, 2.05) is 30.3 Å². The zero-order valence-corrected chi connectivity index (χ0v) is 11.2. The van der Waals surface area contributed by atoms with Gasteiger partial charge in [-0.3, -0.25) is 4.79 Å². The van der Waals surface area contributed by atoms with E-state index in [1.54, 1.807) is 0 Å². The van der Waals surface area contributed by atoms with Crippen molar-refractivity contribution in [2.75, 3.05) is 6.61 Å². The molecule has 1 unspecified atom stereocenters. The van der Waals surface area contributed by atoms with E-state index in [0.717, 1.165) is 25.0 Å². The van der Waals surface area contributed by atoms with Gasteiger partial charge in [-0.25, -0.2) is 0 Å². The van der Waals surface area contributed by atoms with Crippen LogP contribution in [-0.2, 0) is 9.63 Å². The number of nitrogens with zero attached hydrogens (tertiary/aromatic N) is 1. The molecule has 1 atom stereocenters. The molecule has 4 heteroatoms. The maximum atomic E-state index is 11.1. The number of carbonyl (C=O) groups excluding carboxylic acids is 1. The van der Waals surface area contributed by atoms with Gasteiger partial charge in [0.2, 0.25) is 0 Å². The summed E-state index contributed by atoms with van der Waals surface area (Å²) in [6.45, 7) is 2.23. The van der Waals surface area contributed by atoms with Crippen LogP contribution in [0.5, 0.6) is 5.75 Å². The molecule has 0 amide bonds. The number of Topliss-reactive ketones (excluding diaryl/α,β-unsaturated/α-hetero) is 1. The first-order valence-electron chi connectivity index (χ1n) is 6.67. The Hall–Kier alpha value is -1.84. The van der Waals surface area contributed by atoms with E-state index in [0.29, 0.717) is 18.7 Å². The third-order valence-corrected chi connectivity index (χ3v) is 3.07. The Morgan fingerprint density at radius 3 is 2.84 bits per heavy atom. The molecular formula is C15H19NO3. The molecule has 0 aliphatic carbocycles. The second-order valence-corrected chi connectivity index (χ2v) is 4.68. The molecule has 1 aromatic rings. The van der Waals surface area contributed by atoms with Crippen LogP contribution < -0.4 is 4.74 Å². The largest absolute Gasteiger partial charge is 0.494 e. The maximum Gasteiger partial charge on any atom is 0.177 e. The fourth-order valence-electron chi connectivity index (χ4n) is 1.97. The predicted octanol–water partition coefficient (Wildman–Crippen LogP) is 2.97. The third-order valence-electron chi connectivity index (χ3n) is 3.07. The van der Waals surface area contributed by atoms with Crippen LogP contribution in [0.3, 0.4) is 0 Å². The molecule has 1 aromatic carbocycles. The Labute approximate surface area is 113 Å². The Morgan fingerprint density at radius 2 is 2.16 bits per heavy atom. The summed E-state index contributed by atoms with van der Waals surface area (Å²) in [5, 5.41) is 3.80. The molecule has 2 rings (SSSR count). The molecule has 0 aromatic heterocycles. The number of rotatable bonds is 7. The summed E-state index contributed by atoms with van der Waals surface area (Å²) in [5.74, 6) is 0.914. The topological polar surface area (TPSA) is 47.9 Å². The molecule has 1 aliphatic rings. The number of oxime groups is 1. The van der Waals surface area contributed by atoms with Gasteiger partial charge in [-0.15, -0.1) is 0 Å². The molecule has 0 fully saturated rings. The van der Waals surface area contributed by atoms with Gasteiger partial charge in [0.25, 0.3) is 0 Å². The van der Waals surface area contributed by atoms with Crippen LogP contribution in [0, 0.1) is 0 Å². The molecule has 1 aliphatic heterocycles. The zero-order valence-electron chi connectivity index (χ0n) is 11.2. The van der Waals surface area contributed by atoms with Crippen LogP contribution in [0.25, 0.3) is 0 Å². The minimum Gasteiger partial charge on any atom is -0.494 e. The summed E-state index contributed by atoms with van der Waals surface area (Å²) in [6, 6.07) is 9.79. The number of benzene rings is 1. The molecule has 0 saturated carbocycles. The average Bonchev–Trinajstić information content (AvgIpc) is 2.89. The van der Waals surface area contributed by atoms with Crippen LogP contribution in [0.4, 0.5) is 0 Å². The number of ether oxygens (including phenoxy) is 1. The van der Waals surface area contributed by atoms with Crippen molar-refractivity contribution in [1.82, 2.24) is 0 Å². The molecule has 0 radical (unpaired) electrons. The Balaban J connectivity index is 1.55. The Morgan fingerprint density at radius 1 is 1.37 bits per heavy atom. The van der Waals surface area contributed by atoms with Crippen molar-refractivity contribution in [1.29, 1.82) is 0 Å². The fraction of sp³-hybridized carbons (Fsp3) is 0.467. The van der Waals surface area contributed by atoms with Crippen molar-refractivity contribution in [3.8, 4) is 5.75 Å². The number of carbonyl (C=O) groups is 1. The molecule has 102 valence electrons. The van der Waals surface area contributed by atoms with Gasteiger partial charge in [0, 0.05) is 13.3 Å². The molecule has 19 heavy (non-hydrogen) atoms. The first kappa shape index (κ1) is 13.6. The van der Waals surface area contributed by atoms with Crippen LogP contribution in [0.1, 0.15) is 32.6 Å².